The highest BCUT2D eigenvalue weighted by atomic mass is 19.1. The number of anilines is 1. The van der Waals surface area contributed by atoms with Gasteiger partial charge in [-0.2, -0.15) is 0 Å². The number of halogens is 1. The topological polar surface area (TPSA) is 95.3 Å². The maximum absolute atomic E-state index is 15.7. The summed E-state index contributed by atoms with van der Waals surface area (Å²) in [5, 5.41) is 9.54. The van der Waals surface area contributed by atoms with Crippen LogP contribution >= 0.6 is 0 Å². The standard InChI is InChI=1S/C27H35FN4O5/c1-4-17-7-9-29(10-8-17)27(36)31-12-11-30(14-16(31)2)23-21(28)13-19-22(25(23)37-3)32(18-5-6-18)15-20(24(19)33)26(34)35/h13,15-18H,4-12,14H2,1-3H3,(H,34,35). The van der Waals surface area contributed by atoms with Gasteiger partial charge in [-0.3, -0.25) is 4.79 Å². The molecule has 0 bridgehead atoms. The van der Waals surface area contributed by atoms with Crippen LogP contribution in [0.25, 0.3) is 10.9 Å². The molecule has 200 valence electrons. The van der Waals surface area contributed by atoms with Crippen LogP contribution in [0.1, 0.15) is 62.4 Å². The molecule has 1 aliphatic carbocycles. The van der Waals surface area contributed by atoms with Crippen LogP contribution in [0.4, 0.5) is 14.9 Å². The number of methoxy groups -OCH3 is 1. The van der Waals surface area contributed by atoms with Crippen molar-refractivity contribution in [3.8, 4) is 5.75 Å². The normalized spacial score (nSPS) is 21.0. The number of carboxylic acids is 1. The molecule has 1 N–H and O–H groups in total. The molecule has 2 aliphatic heterocycles. The summed E-state index contributed by atoms with van der Waals surface area (Å²) >= 11 is 0. The number of piperidine rings is 1. The number of hydrogen-bond donors (Lipinski definition) is 1. The zero-order valence-electron chi connectivity index (χ0n) is 21.7. The van der Waals surface area contributed by atoms with E-state index in [2.05, 4.69) is 6.92 Å². The molecule has 3 heterocycles. The van der Waals surface area contributed by atoms with Crippen molar-refractivity contribution < 1.29 is 23.8 Å². The van der Waals surface area contributed by atoms with E-state index in [0.29, 0.717) is 31.1 Å². The van der Waals surface area contributed by atoms with E-state index in [1.165, 1.54) is 13.3 Å². The molecule has 2 aromatic rings. The number of benzene rings is 1. The van der Waals surface area contributed by atoms with Crippen LogP contribution in [0.5, 0.6) is 5.75 Å². The monoisotopic (exact) mass is 514 g/mol. The van der Waals surface area contributed by atoms with Gasteiger partial charge in [-0.05, 0) is 44.6 Å². The predicted octanol–water partition coefficient (Wildman–Crippen LogP) is 3.93. The van der Waals surface area contributed by atoms with Crippen LogP contribution in [0.2, 0.25) is 0 Å². The third-order valence-corrected chi connectivity index (χ3v) is 8.22. The van der Waals surface area contributed by atoms with Crippen LogP contribution < -0.4 is 15.1 Å². The Morgan fingerprint density at radius 1 is 1.14 bits per heavy atom. The van der Waals surface area contributed by atoms with E-state index in [0.717, 1.165) is 51.3 Å². The first-order chi connectivity index (χ1) is 17.7. The lowest BCUT2D eigenvalue weighted by molar-refractivity contribution is 0.0694. The number of rotatable bonds is 5. The summed E-state index contributed by atoms with van der Waals surface area (Å²) < 4.78 is 23.1. The van der Waals surface area contributed by atoms with Crippen LogP contribution in [0.15, 0.2) is 17.1 Å². The maximum atomic E-state index is 15.7. The van der Waals surface area contributed by atoms with Gasteiger partial charge in [0.2, 0.25) is 5.43 Å². The zero-order chi connectivity index (χ0) is 26.4. The molecule has 1 atom stereocenters. The number of amides is 2. The lowest BCUT2D eigenvalue weighted by Crippen LogP contribution is -2.58. The van der Waals surface area contributed by atoms with Crippen LogP contribution in [0, 0.1) is 11.7 Å². The zero-order valence-corrected chi connectivity index (χ0v) is 21.7. The van der Waals surface area contributed by atoms with Crippen molar-refractivity contribution >= 4 is 28.6 Å². The third-order valence-electron chi connectivity index (χ3n) is 8.22. The van der Waals surface area contributed by atoms with E-state index >= 15 is 4.39 Å². The Balaban J connectivity index is 1.46. The number of fused-ring (bicyclic) bond motifs is 1. The number of pyridine rings is 1. The number of hydrogen-bond acceptors (Lipinski definition) is 5. The third kappa shape index (κ3) is 4.51. The molecule has 37 heavy (non-hydrogen) atoms. The van der Waals surface area contributed by atoms with Crippen molar-refractivity contribution in [3.63, 3.8) is 0 Å². The Labute approximate surface area is 215 Å². The molecule has 1 aromatic carbocycles. The van der Waals surface area contributed by atoms with Crippen LogP contribution in [0.3, 0.4) is 0 Å². The van der Waals surface area contributed by atoms with E-state index in [9.17, 15) is 19.5 Å². The number of aromatic nitrogens is 1. The maximum Gasteiger partial charge on any atom is 0.341 e. The first-order valence-corrected chi connectivity index (χ1v) is 13.2. The number of carbonyl (C=O) groups excluding carboxylic acids is 1. The van der Waals surface area contributed by atoms with E-state index in [1.54, 1.807) is 4.57 Å². The molecule has 9 nitrogen and oxygen atoms in total. The molecule has 3 aliphatic rings. The van der Waals surface area contributed by atoms with Crippen molar-refractivity contribution in [2.75, 3.05) is 44.7 Å². The van der Waals surface area contributed by atoms with Crippen molar-refractivity contribution in [3.05, 3.63) is 33.9 Å². The smallest absolute Gasteiger partial charge is 0.341 e. The molecule has 0 spiro atoms. The molecule has 10 heteroatoms. The largest absolute Gasteiger partial charge is 0.492 e. The van der Waals surface area contributed by atoms with Gasteiger partial charge < -0.3 is 29.1 Å². The SMILES string of the molecule is CCC1CCN(C(=O)N2CCN(c3c(F)cc4c(=O)c(C(=O)O)cn(C5CC5)c4c3OC)CC2C)CC1. The molecule has 1 saturated carbocycles. The predicted molar refractivity (Wildman–Crippen MR) is 138 cm³/mol. The van der Waals surface area contributed by atoms with E-state index in [4.69, 9.17) is 4.74 Å². The van der Waals surface area contributed by atoms with Gasteiger partial charge in [-0.25, -0.2) is 14.0 Å². The highest BCUT2D eigenvalue weighted by Crippen LogP contribution is 2.44. The molecular weight excluding hydrogens is 479 g/mol. The van der Waals surface area contributed by atoms with Gasteiger partial charge in [0.25, 0.3) is 0 Å². The molecule has 2 amide bonds. The average molecular weight is 515 g/mol. The second-order valence-corrected chi connectivity index (χ2v) is 10.6. The minimum Gasteiger partial charge on any atom is -0.492 e. The first kappa shape index (κ1) is 25.4. The molecule has 2 saturated heterocycles. The Bertz CT molecular complexity index is 1280. The van der Waals surface area contributed by atoms with Gasteiger partial charge in [0, 0.05) is 51.0 Å². The Morgan fingerprint density at radius 2 is 1.84 bits per heavy atom. The number of aromatic carboxylic acids is 1. The summed E-state index contributed by atoms with van der Waals surface area (Å²) in [6, 6.07) is 1.07. The summed E-state index contributed by atoms with van der Waals surface area (Å²) in [6.45, 7) is 6.98. The summed E-state index contributed by atoms with van der Waals surface area (Å²) in [5.41, 5.74) is -0.438. The fraction of sp³-hybridized carbons (Fsp3) is 0.593. The molecule has 3 fully saturated rings. The number of ether oxygens (including phenoxy) is 1. The van der Waals surface area contributed by atoms with Gasteiger partial charge in [-0.1, -0.05) is 13.3 Å². The number of nitrogens with zero attached hydrogens (tertiary/aromatic N) is 4. The van der Waals surface area contributed by atoms with Crippen LogP contribution in [-0.4, -0.2) is 77.3 Å². The quantitative estimate of drug-likeness (QED) is 0.650. The molecule has 1 unspecified atom stereocenters. The lowest BCUT2D eigenvalue weighted by atomic mass is 9.94. The second-order valence-electron chi connectivity index (χ2n) is 10.6. The molecule has 1 aromatic heterocycles. The fourth-order valence-electron chi connectivity index (χ4n) is 5.88. The summed E-state index contributed by atoms with van der Waals surface area (Å²) in [7, 11) is 1.44. The average Bonchev–Trinajstić information content (AvgIpc) is 3.73. The van der Waals surface area contributed by atoms with Gasteiger partial charge in [0.05, 0.1) is 18.0 Å². The van der Waals surface area contributed by atoms with Gasteiger partial charge in [0.15, 0.2) is 11.6 Å². The van der Waals surface area contributed by atoms with Gasteiger partial charge in [-0.15, -0.1) is 0 Å². The van der Waals surface area contributed by atoms with E-state index in [-0.39, 0.29) is 40.5 Å². The Kier molecular flexibility index (Phi) is 6.76. The fourth-order valence-corrected chi connectivity index (χ4v) is 5.88. The number of piperazine rings is 1. The number of urea groups is 1. The molecular formula is C27H35FN4O5. The first-order valence-electron chi connectivity index (χ1n) is 13.2. The van der Waals surface area contributed by atoms with Crippen molar-refractivity contribution in [1.82, 2.24) is 14.4 Å². The lowest BCUT2D eigenvalue weighted by Gasteiger charge is -2.44. The summed E-state index contributed by atoms with van der Waals surface area (Å²) in [5.74, 6) is -1.07. The van der Waals surface area contributed by atoms with Crippen molar-refractivity contribution in [2.45, 2.75) is 58.0 Å². The number of likely N-dealkylation sites (tertiary alicyclic amines) is 1. The van der Waals surface area contributed by atoms with E-state index < -0.39 is 17.2 Å². The molecule has 5 rings (SSSR count). The second kappa shape index (κ2) is 9.87. The van der Waals surface area contributed by atoms with Crippen molar-refractivity contribution in [1.29, 1.82) is 0 Å². The van der Waals surface area contributed by atoms with Gasteiger partial charge >= 0.3 is 12.0 Å². The summed E-state index contributed by atoms with van der Waals surface area (Å²) in [4.78, 5) is 43.6. The minimum absolute atomic E-state index is 0.00208. The van der Waals surface area contributed by atoms with E-state index in [1.807, 2.05) is 21.6 Å². The van der Waals surface area contributed by atoms with Crippen molar-refractivity contribution in [2.24, 2.45) is 5.92 Å². The van der Waals surface area contributed by atoms with Crippen LogP contribution in [-0.2, 0) is 0 Å². The Morgan fingerprint density at radius 3 is 2.41 bits per heavy atom. The minimum atomic E-state index is -1.33. The highest BCUT2D eigenvalue weighted by Gasteiger charge is 2.36. The number of carbonyl (C=O) groups is 2. The highest BCUT2D eigenvalue weighted by molar-refractivity contribution is 5.97. The molecule has 0 radical (unpaired) electrons. The number of carboxylic acid groups (broad SMARTS) is 1. The summed E-state index contributed by atoms with van der Waals surface area (Å²) in [6.07, 6.45) is 6.25. The van der Waals surface area contributed by atoms with Gasteiger partial charge in [0.1, 0.15) is 11.3 Å². The Hall–Kier alpha value is -3.30.